The first-order valence-corrected chi connectivity index (χ1v) is 6.27. The summed E-state index contributed by atoms with van der Waals surface area (Å²) in [5, 5.41) is 21.3. The molecule has 1 aliphatic carbocycles. The van der Waals surface area contributed by atoms with Crippen LogP contribution < -0.4 is 0 Å². The lowest BCUT2D eigenvalue weighted by Gasteiger charge is -2.39. The summed E-state index contributed by atoms with van der Waals surface area (Å²) in [6.45, 7) is 0. The summed E-state index contributed by atoms with van der Waals surface area (Å²) in [5.41, 5.74) is 1.42. The Morgan fingerprint density at radius 3 is 2.39 bits per heavy atom. The highest BCUT2D eigenvalue weighted by Crippen LogP contribution is 2.40. The lowest BCUT2D eigenvalue weighted by molar-refractivity contribution is -0.0598. The molecule has 2 aromatic rings. The van der Waals surface area contributed by atoms with E-state index < -0.39 is 11.7 Å². The molecule has 2 aromatic carbocycles. The van der Waals surface area contributed by atoms with Gasteiger partial charge in [-0.15, -0.1) is 0 Å². The molecule has 2 unspecified atom stereocenters. The van der Waals surface area contributed by atoms with Gasteiger partial charge in [-0.2, -0.15) is 0 Å². The van der Waals surface area contributed by atoms with Gasteiger partial charge in [-0.1, -0.05) is 54.6 Å². The van der Waals surface area contributed by atoms with Gasteiger partial charge in [0, 0.05) is 0 Å². The molecule has 1 aliphatic rings. The summed E-state index contributed by atoms with van der Waals surface area (Å²) in [4.78, 5) is 0. The first-order chi connectivity index (χ1) is 8.73. The molecule has 0 saturated heterocycles. The standard InChI is InChI=1S/C16H16O2/c17-15-11-10-12-6-4-5-9-14(12)16(15,18)13-7-2-1-3-8-13/h1-9,15,17-18H,10-11H2. The number of aryl methyl sites for hydroxylation is 1. The van der Waals surface area contributed by atoms with Gasteiger partial charge >= 0.3 is 0 Å². The highest BCUT2D eigenvalue weighted by atomic mass is 16.3. The Kier molecular flexibility index (Phi) is 2.69. The van der Waals surface area contributed by atoms with Crippen LogP contribution in [-0.4, -0.2) is 16.3 Å². The number of benzene rings is 2. The van der Waals surface area contributed by atoms with Crippen molar-refractivity contribution in [3.8, 4) is 0 Å². The quantitative estimate of drug-likeness (QED) is 0.802. The van der Waals surface area contributed by atoms with Crippen LogP contribution in [0, 0.1) is 0 Å². The maximum absolute atomic E-state index is 11.0. The molecule has 0 fully saturated rings. The minimum atomic E-state index is -1.28. The maximum Gasteiger partial charge on any atom is 0.141 e. The number of hydrogen-bond donors (Lipinski definition) is 2. The van der Waals surface area contributed by atoms with Crippen LogP contribution in [0.2, 0.25) is 0 Å². The van der Waals surface area contributed by atoms with Gasteiger partial charge in [0.15, 0.2) is 0 Å². The fourth-order valence-corrected chi connectivity index (χ4v) is 2.83. The fraction of sp³-hybridized carbons (Fsp3) is 0.250. The smallest absolute Gasteiger partial charge is 0.141 e. The summed E-state index contributed by atoms with van der Waals surface area (Å²) >= 11 is 0. The zero-order chi connectivity index (χ0) is 12.6. The summed E-state index contributed by atoms with van der Waals surface area (Å²) < 4.78 is 0. The molecule has 92 valence electrons. The highest BCUT2D eigenvalue weighted by Gasteiger charge is 2.43. The summed E-state index contributed by atoms with van der Waals surface area (Å²) in [6.07, 6.45) is 0.643. The number of aliphatic hydroxyl groups excluding tert-OH is 1. The third-order valence-corrected chi connectivity index (χ3v) is 3.81. The van der Waals surface area contributed by atoms with Crippen LogP contribution in [0.5, 0.6) is 0 Å². The van der Waals surface area contributed by atoms with Crippen molar-refractivity contribution in [3.63, 3.8) is 0 Å². The van der Waals surface area contributed by atoms with Gasteiger partial charge in [0.2, 0.25) is 0 Å². The molecule has 0 saturated carbocycles. The van der Waals surface area contributed by atoms with Crippen molar-refractivity contribution in [1.82, 2.24) is 0 Å². The van der Waals surface area contributed by atoms with Crippen molar-refractivity contribution < 1.29 is 10.2 Å². The Labute approximate surface area is 107 Å². The highest BCUT2D eigenvalue weighted by molar-refractivity contribution is 5.44. The second-order valence-electron chi connectivity index (χ2n) is 4.84. The van der Waals surface area contributed by atoms with Crippen molar-refractivity contribution in [3.05, 3.63) is 71.3 Å². The molecule has 0 spiro atoms. The minimum absolute atomic E-state index is 0.586. The average molecular weight is 240 g/mol. The van der Waals surface area contributed by atoms with Gasteiger partial charge in [0.1, 0.15) is 5.60 Å². The number of fused-ring (bicyclic) bond motifs is 1. The number of aliphatic hydroxyl groups is 2. The normalized spacial score (nSPS) is 26.7. The molecular formula is C16H16O2. The number of rotatable bonds is 1. The van der Waals surface area contributed by atoms with E-state index in [0.717, 1.165) is 23.1 Å². The van der Waals surface area contributed by atoms with E-state index in [1.165, 1.54) is 0 Å². The molecule has 3 rings (SSSR count). The van der Waals surface area contributed by atoms with Crippen molar-refractivity contribution in [1.29, 1.82) is 0 Å². The van der Waals surface area contributed by atoms with Gasteiger partial charge in [0.25, 0.3) is 0 Å². The zero-order valence-electron chi connectivity index (χ0n) is 10.1. The third-order valence-electron chi connectivity index (χ3n) is 3.81. The van der Waals surface area contributed by atoms with E-state index in [0.29, 0.717) is 6.42 Å². The van der Waals surface area contributed by atoms with Gasteiger partial charge in [-0.05, 0) is 29.5 Å². The molecule has 2 nitrogen and oxygen atoms in total. The van der Waals surface area contributed by atoms with E-state index >= 15 is 0 Å². The van der Waals surface area contributed by atoms with Crippen LogP contribution in [0.25, 0.3) is 0 Å². The first kappa shape index (κ1) is 11.5. The van der Waals surface area contributed by atoms with Crippen LogP contribution in [0.15, 0.2) is 54.6 Å². The van der Waals surface area contributed by atoms with E-state index in [-0.39, 0.29) is 0 Å². The largest absolute Gasteiger partial charge is 0.389 e. The Morgan fingerprint density at radius 2 is 1.61 bits per heavy atom. The predicted octanol–water partition coefficient (Wildman–Crippen LogP) is 2.23. The molecule has 0 radical (unpaired) electrons. The molecule has 2 atom stereocenters. The molecule has 0 heterocycles. The molecule has 0 aromatic heterocycles. The Morgan fingerprint density at radius 1 is 0.944 bits per heavy atom. The van der Waals surface area contributed by atoms with E-state index in [1.807, 2.05) is 54.6 Å². The minimum Gasteiger partial charge on any atom is -0.389 e. The molecule has 2 heteroatoms. The molecule has 0 aliphatic heterocycles. The van der Waals surface area contributed by atoms with Crippen LogP contribution in [0.4, 0.5) is 0 Å². The molecule has 0 bridgehead atoms. The van der Waals surface area contributed by atoms with Crippen LogP contribution in [0.1, 0.15) is 23.1 Å². The van der Waals surface area contributed by atoms with E-state index in [2.05, 4.69) is 0 Å². The second-order valence-corrected chi connectivity index (χ2v) is 4.84. The summed E-state index contributed by atoms with van der Waals surface area (Å²) in [5.74, 6) is 0. The van der Waals surface area contributed by atoms with Crippen LogP contribution >= 0.6 is 0 Å². The Bertz CT molecular complexity index is 550. The van der Waals surface area contributed by atoms with Gasteiger partial charge in [-0.3, -0.25) is 0 Å². The molecular weight excluding hydrogens is 224 g/mol. The van der Waals surface area contributed by atoms with Gasteiger partial charge in [-0.25, -0.2) is 0 Å². The monoisotopic (exact) mass is 240 g/mol. The topological polar surface area (TPSA) is 40.5 Å². The van der Waals surface area contributed by atoms with Crippen molar-refractivity contribution >= 4 is 0 Å². The van der Waals surface area contributed by atoms with E-state index in [9.17, 15) is 10.2 Å². The number of hydrogen-bond acceptors (Lipinski definition) is 2. The Hall–Kier alpha value is -1.64. The van der Waals surface area contributed by atoms with Crippen molar-refractivity contribution in [2.75, 3.05) is 0 Å². The Balaban J connectivity index is 2.21. The lowest BCUT2D eigenvalue weighted by atomic mass is 9.73. The summed E-state index contributed by atoms with van der Waals surface area (Å²) in [7, 11) is 0. The predicted molar refractivity (Wildman–Crippen MR) is 70.2 cm³/mol. The summed E-state index contributed by atoms with van der Waals surface area (Å²) in [6, 6.07) is 17.2. The fourth-order valence-electron chi connectivity index (χ4n) is 2.83. The molecule has 0 amide bonds. The third kappa shape index (κ3) is 1.57. The SMILES string of the molecule is OC1CCc2ccccc2C1(O)c1ccccc1. The van der Waals surface area contributed by atoms with Gasteiger partial charge < -0.3 is 10.2 Å². The van der Waals surface area contributed by atoms with Crippen LogP contribution in [0.3, 0.4) is 0 Å². The second kappa shape index (κ2) is 4.23. The van der Waals surface area contributed by atoms with E-state index in [1.54, 1.807) is 0 Å². The average Bonchev–Trinajstić information content (AvgIpc) is 2.44. The van der Waals surface area contributed by atoms with Crippen molar-refractivity contribution in [2.24, 2.45) is 0 Å². The van der Waals surface area contributed by atoms with Gasteiger partial charge in [0.05, 0.1) is 6.10 Å². The zero-order valence-corrected chi connectivity index (χ0v) is 10.1. The van der Waals surface area contributed by atoms with Crippen molar-refractivity contribution in [2.45, 2.75) is 24.5 Å². The lowest BCUT2D eigenvalue weighted by Crippen LogP contribution is -2.44. The molecule has 2 N–H and O–H groups in total. The van der Waals surface area contributed by atoms with E-state index in [4.69, 9.17) is 0 Å². The van der Waals surface area contributed by atoms with Crippen LogP contribution in [-0.2, 0) is 12.0 Å². The maximum atomic E-state index is 11.0. The molecule has 18 heavy (non-hydrogen) atoms. The first-order valence-electron chi connectivity index (χ1n) is 6.27.